The van der Waals surface area contributed by atoms with Crippen LogP contribution in [0.25, 0.3) is 27.8 Å². The van der Waals surface area contributed by atoms with E-state index < -0.39 is 5.82 Å². The van der Waals surface area contributed by atoms with Crippen molar-refractivity contribution in [1.82, 2.24) is 39.4 Å². The lowest BCUT2D eigenvalue weighted by molar-refractivity contribution is 0.312. The molecule has 33 heavy (non-hydrogen) atoms. The maximum Gasteiger partial charge on any atom is 0.229 e. The predicted molar refractivity (Wildman–Crippen MR) is 123 cm³/mol. The van der Waals surface area contributed by atoms with Gasteiger partial charge in [0.25, 0.3) is 0 Å². The molecule has 6 rings (SSSR count). The van der Waals surface area contributed by atoms with E-state index in [4.69, 9.17) is 0 Å². The van der Waals surface area contributed by atoms with Crippen LogP contribution in [0.4, 0.5) is 21.8 Å². The normalized spacial score (nSPS) is 14.9. The fourth-order valence-electron chi connectivity index (χ4n) is 4.07. The van der Waals surface area contributed by atoms with E-state index in [1.807, 2.05) is 12.1 Å². The predicted octanol–water partition coefficient (Wildman–Crippen LogP) is 2.70. The number of rotatable bonds is 4. The third kappa shape index (κ3) is 3.61. The van der Waals surface area contributed by atoms with E-state index in [2.05, 4.69) is 52.2 Å². The van der Waals surface area contributed by atoms with Crippen LogP contribution in [0.2, 0.25) is 0 Å². The summed E-state index contributed by atoms with van der Waals surface area (Å²) in [5.41, 5.74) is 3.15. The summed E-state index contributed by atoms with van der Waals surface area (Å²) in [5.74, 6) is 0.957. The molecule has 166 valence electrons. The van der Waals surface area contributed by atoms with E-state index in [0.717, 1.165) is 48.6 Å². The van der Waals surface area contributed by atoms with Gasteiger partial charge in [-0.15, -0.1) is 0 Å². The Balaban J connectivity index is 1.27. The molecule has 0 unspecified atom stereocenters. The van der Waals surface area contributed by atoms with E-state index >= 15 is 0 Å². The quantitative estimate of drug-likeness (QED) is 0.436. The highest BCUT2D eigenvalue weighted by Gasteiger charge is 2.16. The van der Waals surface area contributed by atoms with E-state index in [1.54, 1.807) is 24.8 Å². The van der Waals surface area contributed by atoms with Crippen LogP contribution in [0.3, 0.4) is 0 Å². The van der Waals surface area contributed by atoms with Gasteiger partial charge in [-0.05, 0) is 19.2 Å². The molecule has 0 aromatic carbocycles. The van der Waals surface area contributed by atoms with Crippen molar-refractivity contribution in [2.45, 2.75) is 0 Å². The summed E-state index contributed by atoms with van der Waals surface area (Å²) in [6.45, 7) is 3.92. The molecule has 5 aromatic heterocycles. The Labute approximate surface area is 188 Å². The summed E-state index contributed by atoms with van der Waals surface area (Å²) in [7, 11) is 2.13. The minimum Gasteiger partial charge on any atom is -0.354 e. The standard InChI is InChI=1S/C22H21FN10/c1-31-4-6-32(7-5-31)19-9-15(2-3-24-19)29-22-26-11-17-16(10-25-20(17)30-22)14-8-18(23)21-27-13-28-33(21)12-14/h2-3,8-13H,4-7H2,1H3,(H2,24,25,26,29,30). The van der Waals surface area contributed by atoms with E-state index in [-0.39, 0.29) is 5.65 Å². The van der Waals surface area contributed by atoms with Crippen molar-refractivity contribution in [1.29, 1.82) is 0 Å². The van der Waals surface area contributed by atoms with Crippen LogP contribution in [0.5, 0.6) is 0 Å². The molecule has 0 spiro atoms. The van der Waals surface area contributed by atoms with Crippen molar-refractivity contribution >= 4 is 34.1 Å². The zero-order valence-electron chi connectivity index (χ0n) is 17.9. The lowest BCUT2D eigenvalue weighted by Gasteiger charge is -2.33. The van der Waals surface area contributed by atoms with E-state index in [9.17, 15) is 4.39 Å². The first-order chi connectivity index (χ1) is 16.1. The van der Waals surface area contributed by atoms with Crippen LogP contribution in [0.1, 0.15) is 0 Å². The average molecular weight is 444 g/mol. The molecule has 6 heterocycles. The van der Waals surface area contributed by atoms with Crippen molar-refractivity contribution < 1.29 is 4.39 Å². The number of H-pyrrole nitrogens is 1. The largest absolute Gasteiger partial charge is 0.354 e. The molecule has 10 nitrogen and oxygen atoms in total. The minimum absolute atomic E-state index is 0.189. The molecule has 0 amide bonds. The molecule has 1 aliphatic rings. The Morgan fingerprint density at radius 2 is 1.97 bits per heavy atom. The second-order valence-corrected chi connectivity index (χ2v) is 8.08. The van der Waals surface area contributed by atoms with Crippen LogP contribution >= 0.6 is 0 Å². The molecule has 2 N–H and O–H groups in total. The summed E-state index contributed by atoms with van der Waals surface area (Å²) in [5, 5.41) is 8.08. The first-order valence-electron chi connectivity index (χ1n) is 10.6. The fraction of sp³-hybridized carbons (Fsp3) is 0.227. The zero-order valence-corrected chi connectivity index (χ0v) is 17.9. The van der Waals surface area contributed by atoms with E-state index in [1.165, 1.54) is 16.9 Å². The Bertz CT molecular complexity index is 1450. The van der Waals surface area contributed by atoms with Gasteiger partial charge in [-0.1, -0.05) is 0 Å². The molecule has 1 fully saturated rings. The lowest BCUT2D eigenvalue weighted by atomic mass is 10.1. The Hall–Kier alpha value is -4.12. The number of aromatic nitrogens is 7. The highest BCUT2D eigenvalue weighted by Crippen LogP contribution is 2.29. The molecule has 1 saturated heterocycles. The molecule has 0 bridgehead atoms. The van der Waals surface area contributed by atoms with Gasteiger partial charge in [0.2, 0.25) is 5.95 Å². The van der Waals surface area contributed by atoms with Gasteiger partial charge in [0.05, 0.1) is 0 Å². The summed E-state index contributed by atoms with van der Waals surface area (Å²) < 4.78 is 15.8. The molecule has 0 aliphatic carbocycles. The number of nitrogens with zero attached hydrogens (tertiary/aromatic N) is 8. The molecule has 0 atom stereocenters. The third-order valence-electron chi connectivity index (χ3n) is 5.90. The lowest BCUT2D eigenvalue weighted by Crippen LogP contribution is -2.44. The number of halogens is 1. The number of likely N-dealkylation sites (N-methyl/N-ethyl adjacent to an activating group) is 1. The highest BCUT2D eigenvalue weighted by molar-refractivity contribution is 5.93. The van der Waals surface area contributed by atoms with Crippen LogP contribution in [-0.2, 0) is 0 Å². The topological polar surface area (TPSA) is 103 Å². The first kappa shape index (κ1) is 19.6. The minimum atomic E-state index is -0.438. The summed E-state index contributed by atoms with van der Waals surface area (Å²) in [6, 6.07) is 5.34. The summed E-state index contributed by atoms with van der Waals surface area (Å²) >= 11 is 0. The van der Waals surface area contributed by atoms with Crippen LogP contribution in [0.15, 0.2) is 49.3 Å². The maximum atomic E-state index is 14.4. The van der Waals surface area contributed by atoms with Crippen LogP contribution in [0, 0.1) is 5.82 Å². The number of hydrogen-bond donors (Lipinski definition) is 2. The Morgan fingerprint density at radius 1 is 1.09 bits per heavy atom. The Kier molecular flexibility index (Phi) is 4.61. The van der Waals surface area contributed by atoms with Crippen molar-refractivity contribution in [2.75, 3.05) is 43.4 Å². The second-order valence-electron chi connectivity index (χ2n) is 8.08. The summed E-state index contributed by atoms with van der Waals surface area (Å²) in [4.78, 5) is 25.3. The number of piperazine rings is 1. The van der Waals surface area contributed by atoms with Gasteiger partial charge in [0, 0.05) is 79.2 Å². The van der Waals surface area contributed by atoms with E-state index in [0.29, 0.717) is 17.2 Å². The van der Waals surface area contributed by atoms with Crippen LogP contribution < -0.4 is 10.2 Å². The summed E-state index contributed by atoms with van der Waals surface area (Å²) in [6.07, 6.45) is 8.36. The van der Waals surface area contributed by atoms with Gasteiger partial charge < -0.3 is 20.1 Å². The maximum absolute atomic E-state index is 14.4. The van der Waals surface area contributed by atoms with Gasteiger partial charge in [-0.3, -0.25) is 0 Å². The van der Waals surface area contributed by atoms with Gasteiger partial charge in [-0.25, -0.2) is 23.9 Å². The number of pyridine rings is 2. The number of fused-ring (bicyclic) bond motifs is 2. The van der Waals surface area contributed by atoms with Crippen molar-refractivity contribution in [3.8, 4) is 11.1 Å². The van der Waals surface area contributed by atoms with Gasteiger partial charge in [0.1, 0.15) is 17.8 Å². The van der Waals surface area contributed by atoms with Gasteiger partial charge >= 0.3 is 0 Å². The monoisotopic (exact) mass is 444 g/mol. The number of anilines is 3. The zero-order chi connectivity index (χ0) is 22.4. The smallest absolute Gasteiger partial charge is 0.229 e. The molecule has 0 saturated carbocycles. The van der Waals surface area contributed by atoms with Gasteiger partial charge in [-0.2, -0.15) is 10.1 Å². The molecule has 5 aromatic rings. The number of aromatic amines is 1. The van der Waals surface area contributed by atoms with Crippen molar-refractivity contribution in [3.63, 3.8) is 0 Å². The van der Waals surface area contributed by atoms with Crippen molar-refractivity contribution in [2.24, 2.45) is 0 Å². The molecular weight excluding hydrogens is 423 g/mol. The second kappa shape index (κ2) is 7.78. The average Bonchev–Trinajstić information content (AvgIpc) is 3.47. The van der Waals surface area contributed by atoms with Gasteiger partial charge in [0.15, 0.2) is 11.5 Å². The van der Waals surface area contributed by atoms with Crippen molar-refractivity contribution in [3.05, 3.63) is 55.1 Å². The number of hydrogen-bond acceptors (Lipinski definition) is 8. The molecule has 0 radical (unpaired) electrons. The highest BCUT2D eigenvalue weighted by atomic mass is 19.1. The molecule has 1 aliphatic heterocycles. The SMILES string of the molecule is CN1CCN(c2cc(Nc3ncc4c(-c5cc(F)c6ncnn6c5)c[nH]c4n3)ccn2)CC1. The number of nitrogens with one attached hydrogen (secondary N) is 2. The molecule has 11 heteroatoms. The van der Waals surface area contributed by atoms with Crippen LogP contribution in [-0.4, -0.2) is 72.7 Å². The molecular formula is C22H21FN10. The third-order valence-corrected chi connectivity index (χ3v) is 5.90. The Morgan fingerprint density at radius 3 is 2.85 bits per heavy atom. The fourth-order valence-corrected chi connectivity index (χ4v) is 4.07. The first-order valence-corrected chi connectivity index (χ1v) is 10.6.